The van der Waals surface area contributed by atoms with Crippen molar-refractivity contribution in [3.8, 4) is 0 Å². The Morgan fingerprint density at radius 1 is 1.35 bits per heavy atom. The first-order chi connectivity index (χ1) is 9.56. The lowest BCUT2D eigenvalue weighted by atomic mass is 10.0. The molecule has 20 heavy (non-hydrogen) atoms. The van der Waals surface area contributed by atoms with Crippen LogP contribution in [0.4, 0.5) is 0 Å². The third-order valence-electron chi connectivity index (χ3n) is 3.89. The first kappa shape index (κ1) is 15.6. The fourth-order valence-electron chi connectivity index (χ4n) is 2.57. The second-order valence-corrected chi connectivity index (χ2v) is 6.00. The molecule has 1 amide bonds. The third-order valence-corrected chi connectivity index (χ3v) is 4.43. The van der Waals surface area contributed by atoms with Crippen molar-refractivity contribution in [2.24, 2.45) is 0 Å². The Kier molecular flexibility index (Phi) is 5.30. The molecule has 1 aliphatic rings. The van der Waals surface area contributed by atoms with Crippen molar-refractivity contribution in [2.75, 3.05) is 13.1 Å². The van der Waals surface area contributed by atoms with Gasteiger partial charge in [0.2, 0.25) is 0 Å². The summed E-state index contributed by atoms with van der Waals surface area (Å²) in [4.78, 5) is 14.7. The van der Waals surface area contributed by atoms with Gasteiger partial charge in [-0.05, 0) is 31.0 Å². The summed E-state index contributed by atoms with van der Waals surface area (Å²) in [6.45, 7) is 5.79. The fourth-order valence-corrected chi connectivity index (χ4v) is 3.06. The Balaban J connectivity index is 2.24. The highest BCUT2D eigenvalue weighted by Gasteiger charge is 2.30. The van der Waals surface area contributed by atoms with Crippen LogP contribution in [0.1, 0.15) is 37.0 Å². The van der Waals surface area contributed by atoms with E-state index in [0.29, 0.717) is 21.7 Å². The minimum atomic E-state index is -0.00142. The molecule has 1 saturated heterocycles. The van der Waals surface area contributed by atoms with Crippen molar-refractivity contribution in [2.45, 2.75) is 38.8 Å². The summed E-state index contributed by atoms with van der Waals surface area (Å²) in [7, 11) is 0. The van der Waals surface area contributed by atoms with E-state index in [1.807, 2.05) is 4.90 Å². The van der Waals surface area contributed by atoms with Crippen molar-refractivity contribution in [1.82, 2.24) is 10.2 Å². The van der Waals surface area contributed by atoms with Gasteiger partial charge in [0, 0.05) is 30.2 Å². The molecule has 1 heterocycles. The zero-order valence-electron chi connectivity index (χ0n) is 11.8. The molecule has 0 spiro atoms. The second kappa shape index (κ2) is 6.79. The zero-order valence-corrected chi connectivity index (χ0v) is 13.3. The van der Waals surface area contributed by atoms with Crippen LogP contribution < -0.4 is 5.32 Å². The van der Waals surface area contributed by atoms with Crippen molar-refractivity contribution >= 4 is 29.1 Å². The molecule has 2 unspecified atom stereocenters. The van der Waals surface area contributed by atoms with Crippen molar-refractivity contribution in [3.05, 3.63) is 33.8 Å². The molecule has 110 valence electrons. The molecule has 1 N–H and O–H groups in total. The molecule has 3 nitrogen and oxygen atoms in total. The zero-order chi connectivity index (χ0) is 14.7. The highest BCUT2D eigenvalue weighted by Crippen LogP contribution is 2.24. The summed E-state index contributed by atoms with van der Waals surface area (Å²) >= 11 is 12.0. The van der Waals surface area contributed by atoms with E-state index in [-0.39, 0.29) is 11.9 Å². The summed E-state index contributed by atoms with van der Waals surface area (Å²) in [5.74, 6) is -0.00142. The molecule has 0 aromatic heterocycles. The van der Waals surface area contributed by atoms with Gasteiger partial charge in [-0.25, -0.2) is 0 Å². The van der Waals surface area contributed by atoms with E-state index in [0.717, 1.165) is 25.9 Å². The maximum Gasteiger partial charge on any atom is 0.255 e. The summed E-state index contributed by atoms with van der Waals surface area (Å²) in [5.41, 5.74) is 0.534. The Morgan fingerprint density at radius 3 is 2.70 bits per heavy atom. The number of hydrogen-bond acceptors (Lipinski definition) is 2. The quantitative estimate of drug-likeness (QED) is 0.924. The van der Waals surface area contributed by atoms with E-state index in [1.54, 1.807) is 18.2 Å². The molecule has 1 aromatic rings. The monoisotopic (exact) mass is 314 g/mol. The number of benzene rings is 1. The molecule has 0 aliphatic carbocycles. The normalized spacial score (nSPS) is 22.9. The standard InChI is InChI=1S/C15H20Cl2N2O/c1-3-11-9-19(12(4-2)8-18-11)15(20)13-6-5-10(16)7-14(13)17/h5-7,11-12,18H,3-4,8-9H2,1-2H3. The van der Waals surface area contributed by atoms with E-state index < -0.39 is 0 Å². The van der Waals surface area contributed by atoms with Crippen LogP contribution in [0, 0.1) is 0 Å². The van der Waals surface area contributed by atoms with Crippen molar-refractivity contribution in [3.63, 3.8) is 0 Å². The molecule has 1 aliphatic heterocycles. The lowest BCUT2D eigenvalue weighted by molar-refractivity contribution is 0.0576. The number of nitrogens with zero attached hydrogens (tertiary/aromatic N) is 1. The summed E-state index contributed by atoms with van der Waals surface area (Å²) in [6, 6.07) is 5.62. The average Bonchev–Trinajstić information content (AvgIpc) is 2.46. The van der Waals surface area contributed by atoms with E-state index >= 15 is 0 Å². The van der Waals surface area contributed by atoms with Gasteiger partial charge < -0.3 is 10.2 Å². The molecule has 2 atom stereocenters. The maximum absolute atomic E-state index is 12.7. The number of piperazine rings is 1. The molecular weight excluding hydrogens is 295 g/mol. The van der Waals surface area contributed by atoms with Crippen LogP contribution in [0.15, 0.2) is 18.2 Å². The lowest BCUT2D eigenvalue weighted by Crippen LogP contribution is -2.57. The SMILES string of the molecule is CCC1CN(C(=O)c2ccc(Cl)cc2Cl)C(CC)CN1. The maximum atomic E-state index is 12.7. The molecule has 5 heteroatoms. The highest BCUT2D eigenvalue weighted by molar-refractivity contribution is 6.36. The van der Waals surface area contributed by atoms with E-state index in [2.05, 4.69) is 19.2 Å². The molecule has 1 aromatic carbocycles. The molecule has 1 fully saturated rings. The third kappa shape index (κ3) is 3.27. The summed E-state index contributed by atoms with van der Waals surface area (Å²) in [5, 5.41) is 4.45. The Morgan fingerprint density at radius 2 is 2.10 bits per heavy atom. The molecular formula is C15H20Cl2N2O. The Hall–Kier alpha value is -0.770. The molecule has 0 radical (unpaired) electrons. The summed E-state index contributed by atoms with van der Waals surface area (Å²) < 4.78 is 0. The number of rotatable bonds is 3. The fraction of sp³-hybridized carbons (Fsp3) is 0.533. The highest BCUT2D eigenvalue weighted by atomic mass is 35.5. The first-order valence-electron chi connectivity index (χ1n) is 7.06. The van der Waals surface area contributed by atoms with E-state index in [9.17, 15) is 4.79 Å². The van der Waals surface area contributed by atoms with Crippen LogP contribution in [-0.2, 0) is 0 Å². The number of halogens is 2. The Labute approximate surface area is 130 Å². The van der Waals surface area contributed by atoms with Gasteiger partial charge in [0.1, 0.15) is 0 Å². The number of carbonyl (C=O) groups excluding carboxylic acids is 1. The van der Waals surface area contributed by atoms with Crippen molar-refractivity contribution < 1.29 is 4.79 Å². The Bertz CT molecular complexity index is 493. The topological polar surface area (TPSA) is 32.3 Å². The van der Waals surface area contributed by atoms with Crippen LogP contribution in [-0.4, -0.2) is 36.0 Å². The van der Waals surface area contributed by atoms with Gasteiger partial charge in [0.15, 0.2) is 0 Å². The number of nitrogens with one attached hydrogen (secondary N) is 1. The van der Waals surface area contributed by atoms with Gasteiger partial charge in [0.25, 0.3) is 5.91 Å². The minimum absolute atomic E-state index is 0.00142. The van der Waals surface area contributed by atoms with E-state index in [4.69, 9.17) is 23.2 Å². The van der Waals surface area contributed by atoms with Crippen molar-refractivity contribution in [1.29, 1.82) is 0 Å². The van der Waals surface area contributed by atoms with Crippen LogP contribution in [0.5, 0.6) is 0 Å². The van der Waals surface area contributed by atoms with Crippen LogP contribution >= 0.6 is 23.2 Å². The molecule has 0 bridgehead atoms. The van der Waals surface area contributed by atoms with Crippen LogP contribution in [0.2, 0.25) is 10.0 Å². The van der Waals surface area contributed by atoms with Gasteiger partial charge in [-0.3, -0.25) is 4.79 Å². The summed E-state index contributed by atoms with van der Waals surface area (Å²) in [6.07, 6.45) is 1.94. The van der Waals surface area contributed by atoms with Gasteiger partial charge in [-0.1, -0.05) is 37.0 Å². The van der Waals surface area contributed by atoms with Gasteiger partial charge >= 0.3 is 0 Å². The van der Waals surface area contributed by atoms with Gasteiger partial charge in [0.05, 0.1) is 10.6 Å². The predicted molar refractivity (Wildman–Crippen MR) is 83.7 cm³/mol. The van der Waals surface area contributed by atoms with Crippen LogP contribution in [0.3, 0.4) is 0 Å². The predicted octanol–water partition coefficient (Wildman–Crippen LogP) is 3.60. The first-order valence-corrected chi connectivity index (χ1v) is 7.81. The second-order valence-electron chi connectivity index (χ2n) is 5.16. The molecule has 2 rings (SSSR count). The largest absolute Gasteiger partial charge is 0.333 e. The smallest absolute Gasteiger partial charge is 0.255 e. The number of hydrogen-bond donors (Lipinski definition) is 1. The van der Waals surface area contributed by atoms with Gasteiger partial charge in [-0.2, -0.15) is 0 Å². The average molecular weight is 315 g/mol. The number of amides is 1. The van der Waals surface area contributed by atoms with Gasteiger partial charge in [-0.15, -0.1) is 0 Å². The number of carbonyl (C=O) groups is 1. The lowest BCUT2D eigenvalue weighted by Gasteiger charge is -2.40. The van der Waals surface area contributed by atoms with Crippen LogP contribution in [0.25, 0.3) is 0 Å². The molecule has 0 saturated carbocycles. The van der Waals surface area contributed by atoms with E-state index in [1.165, 1.54) is 0 Å². The minimum Gasteiger partial charge on any atom is -0.333 e.